The van der Waals surface area contributed by atoms with Crippen molar-refractivity contribution in [1.82, 2.24) is 19.9 Å². The molecular weight excluding hydrogens is 226 g/mol. The van der Waals surface area contributed by atoms with Gasteiger partial charge in [0.1, 0.15) is 5.52 Å². The van der Waals surface area contributed by atoms with Crippen LogP contribution >= 0.6 is 0 Å². The molecule has 18 heavy (non-hydrogen) atoms. The number of hydrogen-bond donors (Lipinski definition) is 1. The molecule has 3 rings (SSSR count). The highest BCUT2D eigenvalue weighted by Gasteiger charge is 2.29. The molecule has 5 heteroatoms. The number of aryl methyl sites for hydroxylation is 1. The molecule has 2 unspecified atom stereocenters. The molecule has 5 nitrogen and oxygen atoms in total. The Bertz CT molecular complexity index is 562. The van der Waals surface area contributed by atoms with E-state index in [1.165, 1.54) is 5.56 Å². The molecule has 2 heterocycles. The minimum atomic E-state index is 0.463. The average Bonchev–Trinajstić information content (AvgIpc) is 2.93. The van der Waals surface area contributed by atoms with Gasteiger partial charge in [-0.25, -0.2) is 4.68 Å². The van der Waals surface area contributed by atoms with E-state index in [1.807, 2.05) is 7.05 Å². The first kappa shape index (κ1) is 11.6. The summed E-state index contributed by atoms with van der Waals surface area (Å²) in [4.78, 5) is 2.38. The second-order valence-corrected chi connectivity index (χ2v) is 5.25. The number of likely N-dealkylation sites (tertiary alicyclic amines) is 1. The zero-order valence-corrected chi connectivity index (χ0v) is 10.9. The van der Waals surface area contributed by atoms with E-state index in [4.69, 9.17) is 5.73 Å². The third kappa shape index (κ3) is 1.79. The van der Waals surface area contributed by atoms with Gasteiger partial charge in [-0.2, -0.15) is 0 Å². The quantitative estimate of drug-likeness (QED) is 0.854. The molecule has 0 bridgehead atoms. The van der Waals surface area contributed by atoms with Gasteiger partial charge in [-0.3, -0.25) is 4.90 Å². The maximum atomic E-state index is 5.78. The van der Waals surface area contributed by atoms with Crippen molar-refractivity contribution in [3.63, 3.8) is 0 Å². The molecule has 0 aliphatic carbocycles. The summed E-state index contributed by atoms with van der Waals surface area (Å²) in [5.41, 5.74) is 9.15. The Kier molecular flexibility index (Phi) is 2.80. The lowest BCUT2D eigenvalue weighted by molar-refractivity contribution is 0.314. The SMILES string of the molecule is CN1CC(CN)CC1c1ccc2c(c1)nnn2C. The maximum Gasteiger partial charge on any atom is 0.113 e. The van der Waals surface area contributed by atoms with Crippen LogP contribution in [0.4, 0.5) is 0 Å². The Morgan fingerprint density at radius 1 is 1.39 bits per heavy atom. The Labute approximate surface area is 107 Å². The van der Waals surface area contributed by atoms with Crippen molar-refractivity contribution in [2.75, 3.05) is 20.1 Å². The van der Waals surface area contributed by atoms with Crippen molar-refractivity contribution >= 4 is 11.0 Å². The fraction of sp³-hybridized carbons (Fsp3) is 0.538. The number of hydrogen-bond acceptors (Lipinski definition) is 4. The lowest BCUT2D eigenvalue weighted by Crippen LogP contribution is -2.20. The van der Waals surface area contributed by atoms with Crippen LogP contribution in [0.15, 0.2) is 18.2 Å². The summed E-state index contributed by atoms with van der Waals surface area (Å²) in [7, 11) is 4.09. The minimum Gasteiger partial charge on any atom is -0.330 e. The largest absolute Gasteiger partial charge is 0.330 e. The van der Waals surface area contributed by atoms with E-state index in [2.05, 4.69) is 40.5 Å². The topological polar surface area (TPSA) is 60.0 Å². The maximum absolute atomic E-state index is 5.78. The van der Waals surface area contributed by atoms with Gasteiger partial charge in [0.2, 0.25) is 0 Å². The Hall–Kier alpha value is -1.46. The standard InChI is InChI=1S/C13H19N5/c1-17-8-9(7-14)5-13(17)10-3-4-12-11(6-10)15-16-18(12)2/h3-4,6,9,13H,5,7-8,14H2,1-2H3. The van der Waals surface area contributed by atoms with Gasteiger partial charge in [0.05, 0.1) is 5.52 Å². The molecule has 2 atom stereocenters. The van der Waals surface area contributed by atoms with Crippen LogP contribution in [0.1, 0.15) is 18.0 Å². The number of nitrogens with two attached hydrogens (primary N) is 1. The molecule has 0 spiro atoms. The number of aromatic nitrogens is 3. The first-order chi connectivity index (χ1) is 8.69. The molecule has 0 radical (unpaired) electrons. The van der Waals surface area contributed by atoms with Crippen LogP contribution in [0.3, 0.4) is 0 Å². The third-order valence-electron chi connectivity index (χ3n) is 3.99. The van der Waals surface area contributed by atoms with E-state index in [0.29, 0.717) is 12.0 Å². The fourth-order valence-corrected chi connectivity index (χ4v) is 2.93. The monoisotopic (exact) mass is 245 g/mol. The zero-order chi connectivity index (χ0) is 12.7. The van der Waals surface area contributed by atoms with E-state index < -0.39 is 0 Å². The second kappa shape index (κ2) is 4.33. The first-order valence-electron chi connectivity index (χ1n) is 6.38. The van der Waals surface area contributed by atoms with Crippen LogP contribution in [-0.2, 0) is 7.05 Å². The predicted octanol–water partition coefficient (Wildman–Crippen LogP) is 0.920. The number of nitrogens with zero attached hydrogens (tertiary/aromatic N) is 4. The molecule has 0 saturated carbocycles. The van der Waals surface area contributed by atoms with Gasteiger partial charge in [0.25, 0.3) is 0 Å². The molecule has 1 aromatic heterocycles. The normalized spacial score (nSPS) is 25.1. The molecule has 1 aliphatic heterocycles. The van der Waals surface area contributed by atoms with E-state index in [9.17, 15) is 0 Å². The summed E-state index contributed by atoms with van der Waals surface area (Å²) in [5, 5.41) is 8.23. The first-order valence-corrected chi connectivity index (χ1v) is 6.38. The molecule has 1 aliphatic rings. The van der Waals surface area contributed by atoms with Crippen LogP contribution in [0.2, 0.25) is 0 Å². The van der Waals surface area contributed by atoms with E-state index in [1.54, 1.807) is 4.68 Å². The molecule has 2 N–H and O–H groups in total. The third-order valence-corrected chi connectivity index (χ3v) is 3.99. The Balaban J connectivity index is 1.94. The highest BCUT2D eigenvalue weighted by Crippen LogP contribution is 2.34. The molecule has 1 saturated heterocycles. The smallest absolute Gasteiger partial charge is 0.113 e. The van der Waals surface area contributed by atoms with Crippen molar-refractivity contribution in [2.45, 2.75) is 12.5 Å². The summed E-state index contributed by atoms with van der Waals surface area (Å²) in [5.74, 6) is 0.609. The van der Waals surface area contributed by atoms with Gasteiger partial charge < -0.3 is 5.73 Å². The van der Waals surface area contributed by atoms with Crippen LogP contribution in [0.25, 0.3) is 11.0 Å². The molecular formula is C13H19N5. The predicted molar refractivity (Wildman–Crippen MR) is 71.0 cm³/mol. The van der Waals surface area contributed by atoms with Gasteiger partial charge in [-0.1, -0.05) is 11.3 Å². The van der Waals surface area contributed by atoms with Crippen molar-refractivity contribution in [3.8, 4) is 0 Å². The summed E-state index contributed by atoms with van der Waals surface area (Å²) in [6.45, 7) is 1.86. The molecule has 2 aromatic rings. The molecule has 1 aromatic carbocycles. The van der Waals surface area contributed by atoms with Crippen molar-refractivity contribution in [2.24, 2.45) is 18.7 Å². The van der Waals surface area contributed by atoms with Gasteiger partial charge in [-0.15, -0.1) is 5.10 Å². The molecule has 1 fully saturated rings. The van der Waals surface area contributed by atoms with Crippen molar-refractivity contribution in [3.05, 3.63) is 23.8 Å². The highest BCUT2D eigenvalue weighted by atomic mass is 15.4. The summed E-state index contributed by atoms with van der Waals surface area (Å²) >= 11 is 0. The second-order valence-electron chi connectivity index (χ2n) is 5.25. The Morgan fingerprint density at radius 2 is 2.22 bits per heavy atom. The zero-order valence-electron chi connectivity index (χ0n) is 10.9. The van der Waals surface area contributed by atoms with Gasteiger partial charge in [0, 0.05) is 19.6 Å². The van der Waals surface area contributed by atoms with E-state index in [0.717, 1.165) is 30.5 Å². The molecule has 0 amide bonds. The van der Waals surface area contributed by atoms with E-state index in [-0.39, 0.29) is 0 Å². The minimum absolute atomic E-state index is 0.463. The fourth-order valence-electron chi connectivity index (χ4n) is 2.93. The van der Waals surface area contributed by atoms with Crippen molar-refractivity contribution < 1.29 is 0 Å². The summed E-state index contributed by atoms with van der Waals surface area (Å²) < 4.78 is 1.81. The number of fused-ring (bicyclic) bond motifs is 1. The highest BCUT2D eigenvalue weighted by molar-refractivity contribution is 5.75. The van der Waals surface area contributed by atoms with Crippen LogP contribution in [0.5, 0.6) is 0 Å². The Morgan fingerprint density at radius 3 is 2.94 bits per heavy atom. The number of rotatable bonds is 2. The summed E-state index contributed by atoms with van der Waals surface area (Å²) in [6, 6.07) is 6.91. The van der Waals surface area contributed by atoms with Gasteiger partial charge in [0.15, 0.2) is 0 Å². The van der Waals surface area contributed by atoms with Crippen LogP contribution < -0.4 is 5.73 Å². The number of benzene rings is 1. The van der Waals surface area contributed by atoms with Crippen LogP contribution in [-0.4, -0.2) is 40.0 Å². The summed E-state index contributed by atoms with van der Waals surface area (Å²) in [6.07, 6.45) is 1.14. The van der Waals surface area contributed by atoms with E-state index >= 15 is 0 Å². The molecule has 96 valence electrons. The van der Waals surface area contributed by atoms with Gasteiger partial charge in [-0.05, 0) is 43.6 Å². The lowest BCUT2D eigenvalue weighted by atomic mass is 9.99. The van der Waals surface area contributed by atoms with Crippen molar-refractivity contribution in [1.29, 1.82) is 0 Å². The lowest BCUT2D eigenvalue weighted by Gasteiger charge is -2.19. The average molecular weight is 245 g/mol. The van der Waals surface area contributed by atoms with Crippen LogP contribution in [0, 0.1) is 5.92 Å². The van der Waals surface area contributed by atoms with Gasteiger partial charge >= 0.3 is 0 Å².